The molecule has 1 unspecified atom stereocenters. The van der Waals surface area contributed by atoms with Crippen LogP contribution in [0.1, 0.15) is 5.76 Å². The Morgan fingerprint density at radius 3 is 2.81 bits per heavy atom. The third kappa shape index (κ3) is 3.84. The summed E-state index contributed by atoms with van der Waals surface area (Å²) in [6, 6.07) is 3.60. The standard InChI is InChI=1S/C10H16N2O3.ClH/c1-12(7-8-4-3-5-15-8)10(13)9(6-11)14-2;/h3-5,9H,6-7,11H2,1-2H3;1H. The number of methoxy groups -OCH3 is 1. The molecule has 6 heteroatoms. The Bertz CT molecular complexity index is 299. The van der Waals surface area contributed by atoms with Gasteiger partial charge in [-0.15, -0.1) is 12.4 Å². The minimum absolute atomic E-state index is 0. The molecule has 0 bridgehead atoms. The summed E-state index contributed by atoms with van der Waals surface area (Å²) in [4.78, 5) is 13.2. The molecule has 0 radical (unpaired) electrons. The quantitative estimate of drug-likeness (QED) is 0.830. The van der Waals surface area contributed by atoms with Crippen LogP contribution in [0.2, 0.25) is 0 Å². The van der Waals surface area contributed by atoms with Gasteiger partial charge in [0.25, 0.3) is 5.91 Å². The highest BCUT2D eigenvalue weighted by molar-refractivity contribution is 5.85. The smallest absolute Gasteiger partial charge is 0.253 e. The number of rotatable bonds is 5. The van der Waals surface area contributed by atoms with E-state index in [1.807, 2.05) is 6.07 Å². The number of hydrogen-bond acceptors (Lipinski definition) is 4. The van der Waals surface area contributed by atoms with Gasteiger partial charge >= 0.3 is 0 Å². The van der Waals surface area contributed by atoms with Gasteiger partial charge in [-0.2, -0.15) is 0 Å². The van der Waals surface area contributed by atoms with Gasteiger partial charge in [-0.05, 0) is 12.1 Å². The highest BCUT2D eigenvalue weighted by Gasteiger charge is 2.20. The summed E-state index contributed by atoms with van der Waals surface area (Å²) in [7, 11) is 3.16. The van der Waals surface area contributed by atoms with Crippen LogP contribution in [0.25, 0.3) is 0 Å². The van der Waals surface area contributed by atoms with Crippen LogP contribution < -0.4 is 5.73 Å². The molecule has 0 aliphatic rings. The van der Waals surface area contributed by atoms with Crippen molar-refractivity contribution < 1.29 is 13.9 Å². The first-order chi connectivity index (χ1) is 7.19. The molecule has 1 aromatic rings. The van der Waals surface area contributed by atoms with Crippen molar-refractivity contribution in [2.24, 2.45) is 5.73 Å². The van der Waals surface area contributed by atoms with Gasteiger partial charge in [0, 0.05) is 20.7 Å². The summed E-state index contributed by atoms with van der Waals surface area (Å²) in [6.45, 7) is 0.601. The average molecular weight is 249 g/mol. The normalized spacial score (nSPS) is 11.7. The van der Waals surface area contributed by atoms with Crippen LogP contribution in [0.15, 0.2) is 22.8 Å². The zero-order valence-electron chi connectivity index (χ0n) is 9.38. The van der Waals surface area contributed by atoms with Gasteiger partial charge in [-0.1, -0.05) is 0 Å². The Labute approximate surface area is 101 Å². The monoisotopic (exact) mass is 248 g/mol. The molecule has 1 aromatic heterocycles. The van der Waals surface area contributed by atoms with E-state index in [2.05, 4.69) is 0 Å². The maximum atomic E-state index is 11.7. The number of carbonyl (C=O) groups is 1. The van der Waals surface area contributed by atoms with Crippen LogP contribution in [0.5, 0.6) is 0 Å². The molecular weight excluding hydrogens is 232 g/mol. The van der Waals surface area contributed by atoms with Gasteiger partial charge in [0.1, 0.15) is 11.9 Å². The van der Waals surface area contributed by atoms with Gasteiger partial charge in [0.05, 0.1) is 12.8 Å². The Morgan fingerprint density at radius 1 is 1.69 bits per heavy atom. The topological polar surface area (TPSA) is 68.7 Å². The van der Waals surface area contributed by atoms with Gasteiger partial charge in [-0.3, -0.25) is 4.79 Å². The molecule has 0 saturated heterocycles. The molecule has 1 atom stereocenters. The van der Waals surface area contributed by atoms with E-state index in [4.69, 9.17) is 14.9 Å². The fraction of sp³-hybridized carbons (Fsp3) is 0.500. The summed E-state index contributed by atoms with van der Waals surface area (Å²) >= 11 is 0. The van der Waals surface area contributed by atoms with Crippen molar-refractivity contribution in [1.82, 2.24) is 4.90 Å². The van der Waals surface area contributed by atoms with Crippen LogP contribution in [0, 0.1) is 0 Å². The zero-order chi connectivity index (χ0) is 11.3. The second-order valence-corrected chi connectivity index (χ2v) is 3.23. The van der Waals surface area contributed by atoms with Crippen LogP contribution >= 0.6 is 12.4 Å². The Hall–Kier alpha value is -1.04. The van der Waals surface area contributed by atoms with E-state index < -0.39 is 6.10 Å². The molecule has 0 aromatic carbocycles. The fourth-order valence-corrected chi connectivity index (χ4v) is 1.26. The SMILES string of the molecule is COC(CN)C(=O)N(C)Cc1ccco1.Cl. The number of carbonyl (C=O) groups excluding carboxylic acids is 1. The molecule has 92 valence electrons. The predicted molar refractivity (Wildman–Crippen MR) is 62.3 cm³/mol. The Morgan fingerprint density at radius 2 is 2.38 bits per heavy atom. The number of likely N-dealkylation sites (N-methyl/N-ethyl adjacent to an activating group) is 1. The number of ether oxygens (including phenoxy) is 1. The van der Waals surface area contributed by atoms with E-state index in [0.717, 1.165) is 5.76 Å². The van der Waals surface area contributed by atoms with Crippen LogP contribution in [0.4, 0.5) is 0 Å². The van der Waals surface area contributed by atoms with E-state index in [1.54, 1.807) is 19.4 Å². The molecule has 1 rings (SSSR count). The van der Waals surface area contributed by atoms with E-state index >= 15 is 0 Å². The molecule has 16 heavy (non-hydrogen) atoms. The van der Waals surface area contributed by atoms with Gasteiger partial charge in [-0.25, -0.2) is 0 Å². The Balaban J connectivity index is 0.00000225. The lowest BCUT2D eigenvalue weighted by Crippen LogP contribution is -2.41. The van der Waals surface area contributed by atoms with Gasteiger partial charge in [0.15, 0.2) is 0 Å². The number of amides is 1. The molecule has 0 spiro atoms. The van der Waals surface area contributed by atoms with Crippen molar-refractivity contribution in [2.75, 3.05) is 20.7 Å². The number of nitrogens with zero attached hydrogens (tertiary/aromatic N) is 1. The third-order valence-corrected chi connectivity index (χ3v) is 2.12. The van der Waals surface area contributed by atoms with Crippen molar-refractivity contribution in [3.05, 3.63) is 24.2 Å². The van der Waals surface area contributed by atoms with E-state index in [1.165, 1.54) is 12.0 Å². The molecule has 1 amide bonds. The number of halogens is 1. The number of hydrogen-bond donors (Lipinski definition) is 1. The highest BCUT2D eigenvalue weighted by atomic mass is 35.5. The summed E-state index contributed by atoms with van der Waals surface area (Å²) < 4.78 is 10.1. The van der Waals surface area contributed by atoms with Crippen molar-refractivity contribution in [3.63, 3.8) is 0 Å². The molecule has 1 heterocycles. The minimum atomic E-state index is -0.579. The van der Waals surface area contributed by atoms with Crippen LogP contribution in [-0.4, -0.2) is 37.6 Å². The largest absolute Gasteiger partial charge is 0.467 e. The summed E-state index contributed by atoms with van der Waals surface area (Å²) in [5, 5.41) is 0. The van der Waals surface area contributed by atoms with E-state index in [-0.39, 0.29) is 24.9 Å². The first-order valence-corrected chi connectivity index (χ1v) is 4.69. The molecule has 0 saturated carbocycles. The number of furan rings is 1. The van der Waals surface area contributed by atoms with Crippen molar-refractivity contribution >= 4 is 18.3 Å². The molecular formula is C10H17ClN2O3. The minimum Gasteiger partial charge on any atom is -0.467 e. The van der Waals surface area contributed by atoms with Gasteiger partial charge in [0.2, 0.25) is 0 Å². The number of nitrogens with two attached hydrogens (primary N) is 1. The molecule has 0 aliphatic carbocycles. The molecule has 0 aliphatic heterocycles. The van der Waals surface area contributed by atoms with Gasteiger partial charge < -0.3 is 19.8 Å². The second kappa shape index (κ2) is 7.27. The predicted octanol–water partition coefficient (Wildman–Crippen LogP) is 0.634. The van der Waals surface area contributed by atoms with Crippen molar-refractivity contribution in [1.29, 1.82) is 0 Å². The van der Waals surface area contributed by atoms with Crippen molar-refractivity contribution in [2.45, 2.75) is 12.6 Å². The maximum absolute atomic E-state index is 11.7. The summed E-state index contributed by atoms with van der Waals surface area (Å²) in [5.41, 5.74) is 5.40. The molecule has 2 N–H and O–H groups in total. The van der Waals surface area contributed by atoms with E-state index in [9.17, 15) is 4.79 Å². The maximum Gasteiger partial charge on any atom is 0.253 e. The van der Waals surface area contributed by atoms with E-state index in [0.29, 0.717) is 6.54 Å². The first kappa shape index (κ1) is 15.0. The van der Waals surface area contributed by atoms with Crippen LogP contribution in [0.3, 0.4) is 0 Å². The lowest BCUT2D eigenvalue weighted by molar-refractivity contribution is -0.140. The Kier molecular flexibility index (Phi) is 6.80. The second-order valence-electron chi connectivity index (χ2n) is 3.23. The summed E-state index contributed by atoms with van der Waals surface area (Å²) in [5.74, 6) is 0.592. The zero-order valence-corrected chi connectivity index (χ0v) is 10.2. The lowest BCUT2D eigenvalue weighted by Gasteiger charge is -2.20. The molecule has 0 fully saturated rings. The third-order valence-electron chi connectivity index (χ3n) is 2.12. The van der Waals surface area contributed by atoms with Crippen molar-refractivity contribution in [3.8, 4) is 0 Å². The van der Waals surface area contributed by atoms with Crippen LogP contribution in [-0.2, 0) is 16.1 Å². The molecule has 5 nitrogen and oxygen atoms in total. The highest BCUT2D eigenvalue weighted by Crippen LogP contribution is 2.05. The fourth-order valence-electron chi connectivity index (χ4n) is 1.26. The lowest BCUT2D eigenvalue weighted by atomic mass is 10.3. The summed E-state index contributed by atoms with van der Waals surface area (Å²) in [6.07, 6.45) is 0.995. The average Bonchev–Trinajstić information content (AvgIpc) is 2.72. The first-order valence-electron chi connectivity index (χ1n) is 4.69.